The van der Waals surface area contributed by atoms with Crippen LogP contribution in [0.2, 0.25) is 5.02 Å². The van der Waals surface area contributed by atoms with E-state index in [0.717, 1.165) is 12.8 Å². The van der Waals surface area contributed by atoms with E-state index in [2.05, 4.69) is 12.0 Å². The lowest BCUT2D eigenvalue weighted by Gasteiger charge is -2.39. The SMILES string of the molecule is CCOP(=O)(Cc1ccc([N+](=O)[O-])cc1)N1CCN(c2cnn(-c3cccc(Cl)c3)c(=O)c2OCC2(C)CC2)CC1. The molecule has 1 aliphatic heterocycles. The first-order chi connectivity index (χ1) is 19.6. The van der Waals surface area contributed by atoms with Crippen molar-refractivity contribution in [2.75, 3.05) is 44.3 Å². The summed E-state index contributed by atoms with van der Waals surface area (Å²) >= 11 is 6.17. The summed E-state index contributed by atoms with van der Waals surface area (Å²) < 4.78 is 29.2. The van der Waals surface area contributed by atoms with Crippen molar-refractivity contribution in [2.45, 2.75) is 32.9 Å². The average Bonchev–Trinajstić information content (AvgIpc) is 3.69. The molecule has 1 saturated carbocycles. The smallest absolute Gasteiger partial charge is 0.316 e. The number of anilines is 1. The summed E-state index contributed by atoms with van der Waals surface area (Å²) in [4.78, 5) is 26.2. The number of nitro groups is 1. The molecule has 1 saturated heterocycles. The van der Waals surface area contributed by atoms with Gasteiger partial charge in [0, 0.05) is 48.7 Å². The molecule has 11 nitrogen and oxygen atoms in total. The number of nitro benzene ring substituents is 1. The summed E-state index contributed by atoms with van der Waals surface area (Å²) in [6.07, 6.45) is 3.89. The highest BCUT2D eigenvalue weighted by Gasteiger charge is 2.39. The van der Waals surface area contributed by atoms with Crippen molar-refractivity contribution in [1.29, 1.82) is 0 Å². The second-order valence-corrected chi connectivity index (χ2v) is 13.6. The van der Waals surface area contributed by atoms with Crippen LogP contribution in [-0.4, -0.2) is 58.8 Å². The highest BCUT2D eigenvalue weighted by Crippen LogP contribution is 2.54. The van der Waals surface area contributed by atoms with Gasteiger partial charge in [0.1, 0.15) is 5.69 Å². The Bertz CT molecular complexity index is 1520. The molecule has 1 atom stereocenters. The fourth-order valence-electron chi connectivity index (χ4n) is 4.81. The molecule has 0 bridgehead atoms. The third-order valence-corrected chi connectivity index (χ3v) is 10.4. The standard InChI is InChI=1S/C28H33ClN5O6P/c1-3-40-41(38,19-21-7-9-23(10-8-21)34(36)37)32-15-13-31(14-16-32)25-18-30-33(24-6-4-5-22(29)17-24)27(35)26(25)39-20-28(2)11-12-28/h4-10,17-18H,3,11-16,19-20H2,1-2H3. The predicted molar refractivity (Wildman–Crippen MR) is 157 cm³/mol. The Labute approximate surface area is 243 Å². The zero-order valence-electron chi connectivity index (χ0n) is 23.1. The van der Waals surface area contributed by atoms with Crippen molar-refractivity contribution in [1.82, 2.24) is 14.5 Å². The van der Waals surface area contributed by atoms with Gasteiger partial charge in [-0.25, -0.2) is 4.67 Å². The monoisotopic (exact) mass is 601 g/mol. The summed E-state index contributed by atoms with van der Waals surface area (Å²) in [6, 6.07) is 13.0. The minimum Gasteiger partial charge on any atom is -0.486 e. The number of hydrogen-bond acceptors (Lipinski definition) is 8. The fraction of sp³-hybridized carbons (Fsp3) is 0.429. The third kappa shape index (κ3) is 6.64. The Hall–Kier alpha value is -3.24. The Kier molecular flexibility index (Phi) is 8.52. The number of benzene rings is 2. The van der Waals surface area contributed by atoms with Crippen LogP contribution in [0.25, 0.3) is 5.69 Å². The zero-order chi connectivity index (χ0) is 29.2. The van der Waals surface area contributed by atoms with E-state index in [1.165, 1.54) is 16.8 Å². The number of nitrogens with zero attached hydrogens (tertiary/aromatic N) is 5. The molecule has 0 spiro atoms. The molecule has 2 heterocycles. The van der Waals surface area contributed by atoms with Crippen LogP contribution in [0.4, 0.5) is 11.4 Å². The highest BCUT2D eigenvalue weighted by atomic mass is 35.5. The number of piperazine rings is 1. The molecule has 1 unspecified atom stereocenters. The van der Waals surface area contributed by atoms with Gasteiger partial charge in [-0.1, -0.05) is 36.7 Å². The lowest BCUT2D eigenvalue weighted by molar-refractivity contribution is -0.384. The molecule has 1 aromatic heterocycles. The first kappa shape index (κ1) is 29.3. The van der Waals surface area contributed by atoms with Crippen LogP contribution in [0.15, 0.2) is 59.5 Å². The Balaban J connectivity index is 1.36. The lowest BCUT2D eigenvalue weighted by atomic mass is 10.2. The minimum absolute atomic E-state index is 0.0202. The van der Waals surface area contributed by atoms with Gasteiger partial charge in [-0.3, -0.25) is 19.5 Å². The van der Waals surface area contributed by atoms with Crippen molar-refractivity contribution in [3.05, 3.63) is 85.8 Å². The molecule has 0 N–H and O–H groups in total. The Morgan fingerprint density at radius 3 is 2.44 bits per heavy atom. The van der Waals surface area contributed by atoms with Gasteiger partial charge in [0.2, 0.25) is 5.75 Å². The van der Waals surface area contributed by atoms with E-state index in [1.54, 1.807) is 49.5 Å². The quantitative estimate of drug-likeness (QED) is 0.159. The van der Waals surface area contributed by atoms with Crippen LogP contribution < -0.4 is 15.2 Å². The molecule has 218 valence electrons. The Morgan fingerprint density at radius 1 is 1.12 bits per heavy atom. The van der Waals surface area contributed by atoms with Gasteiger partial charge in [-0.15, -0.1) is 0 Å². The summed E-state index contributed by atoms with van der Waals surface area (Å²) in [5, 5.41) is 15.9. The number of ether oxygens (including phenoxy) is 1. The molecule has 2 fully saturated rings. The van der Waals surface area contributed by atoms with Gasteiger partial charge in [0.15, 0.2) is 0 Å². The van der Waals surface area contributed by atoms with Crippen molar-refractivity contribution < 1.29 is 18.7 Å². The molecular formula is C28H33ClN5O6P. The van der Waals surface area contributed by atoms with Gasteiger partial charge >= 0.3 is 5.56 Å². The van der Waals surface area contributed by atoms with Crippen molar-refractivity contribution >= 4 is 30.5 Å². The highest BCUT2D eigenvalue weighted by molar-refractivity contribution is 7.55. The third-order valence-electron chi connectivity index (χ3n) is 7.52. The van der Waals surface area contributed by atoms with Crippen LogP contribution in [0.5, 0.6) is 5.75 Å². The number of rotatable bonds is 11. The predicted octanol–water partition coefficient (Wildman–Crippen LogP) is 5.52. The maximum Gasteiger partial charge on any atom is 0.316 e. The molecule has 0 radical (unpaired) electrons. The van der Waals surface area contributed by atoms with Crippen LogP contribution in [0.1, 0.15) is 32.3 Å². The van der Waals surface area contributed by atoms with Gasteiger partial charge in [0.05, 0.1) is 36.2 Å². The lowest BCUT2D eigenvalue weighted by Crippen LogP contribution is -2.46. The van der Waals surface area contributed by atoms with Crippen LogP contribution in [0, 0.1) is 15.5 Å². The summed E-state index contributed by atoms with van der Waals surface area (Å²) in [7, 11) is -3.26. The molecule has 13 heteroatoms. The average molecular weight is 602 g/mol. The van der Waals surface area contributed by atoms with Crippen molar-refractivity contribution in [3.8, 4) is 11.4 Å². The van der Waals surface area contributed by atoms with E-state index in [-0.39, 0.29) is 35.2 Å². The number of aromatic nitrogens is 2. The maximum atomic E-state index is 14.0. The molecule has 2 aromatic carbocycles. The first-order valence-corrected chi connectivity index (χ1v) is 15.7. The molecule has 0 amide bonds. The Morgan fingerprint density at radius 2 is 1.83 bits per heavy atom. The van der Waals surface area contributed by atoms with E-state index in [1.807, 2.05) is 9.57 Å². The van der Waals surface area contributed by atoms with Crippen molar-refractivity contribution in [2.24, 2.45) is 5.41 Å². The zero-order valence-corrected chi connectivity index (χ0v) is 24.7. The molecule has 5 rings (SSSR count). The normalized spacial score (nSPS) is 18.1. The summed E-state index contributed by atoms with van der Waals surface area (Å²) in [6.45, 7) is 6.45. The number of halogens is 1. The largest absolute Gasteiger partial charge is 0.486 e. The van der Waals surface area contributed by atoms with Gasteiger partial charge in [-0.05, 0) is 43.5 Å². The first-order valence-electron chi connectivity index (χ1n) is 13.6. The van der Waals surface area contributed by atoms with Crippen LogP contribution in [-0.2, 0) is 15.3 Å². The topological polar surface area (TPSA) is 120 Å². The summed E-state index contributed by atoms with van der Waals surface area (Å²) in [5.41, 5.74) is 1.52. The van der Waals surface area contributed by atoms with E-state index in [9.17, 15) is 19.5 Å². The van der Waals surface area contributed by atoms with E-state index in [4.69, 9.17) is 20.9 Å². The minimum atomic E-state index is -3.26. The van der Waals surface area contributed by atoms with Gasteiger partial charge in [0.25, 0.3) is 13.2 Å². The summed E-state index contributed by atoms with van der Waals surface area (Å²) in [5.74, 6) is 0.237. The van der Waals surface area contributed by atoms with Crippen molar-refractivity contribution in [3.63, 3.8) is 0 Å². The number of hydrogen-bond donors (Lipinski definition) is 0. The maximum absolute atomic E-state index is 14.0. The van der Waals surface area contributed by atoms with E-state index in [0.29, 0.717) is 54.7 Å². The molecule has 1 aliphatic carbocycles. The number of non-ortho nitro benzene ring substituents is 1. The van der Waals surface area contributed by atoms with E-state index >= 15 is 0 Å². The van der Waals surface area contributed by atoms with Gasteiger partial charge in [-0.2, -0.15) is 9.78 Å². The fourth-order valence-corrected chi connectivity index (χ4v) is 7.31. The van der Waals surface area contributed by atoms with Gasteiger partial charge < -0.3 is 14.2 Å². The second kappa shape index (κ2) is 11.9. The van der Waals surface area contributed by atoms with Crippen LogP contribution in [0.3, 0.4) is 0 Å². The molecule has 3 aromatic rings. The molecular weight excluding hydrogens is 569 g/mol. The second-order valence-electron chi connectivity index (χ2n) is 10.7. The molecule has 41 heavy (non-hydrogen) atoms. The van der Waals surface area contributed by atoms with E-state index < -0.39 is 12.4 Å². The van der Waals surface area contributed by atoms with Crippen LogP contribution >= 0.6 is 19.1 Å². The molecule has 2 aliphatic rings.